The summed E-state index contributed by atoms with van der Waals surface area (Å²) in [5.41, 5.74) is 5.91. The Bertz CT molecular complexity index is 76.6. The zero-order valence-electron chi connectivity index (χ0n) is 7.07. The summed E-state index contributed by atoms with van der Waals surface area (Å²) in [6.45, 7) is 9.71. The van der Waals surface area contributed by atoms with Gasteiger partial charge in [-0.3, -0.25) is 0 Å². The van der Waals surface area contributed by atoms with Crippen LogP contribution in [0.5, 0.6) is 0 Å². The minimum Gasteiger partial charge on any atom is -0.330 e. The third kappa shape index (κ3) is 2.35. The van der Waals surface area contributed by atoms with Crippen LogP contribution < -0.4 is 5.73 Å². The van der Waals surface area contributed by atoms with Gasteiger partial charge in [-0.2, -0.15) is 0 Å². The van der Waals surface area contributed by atoms with Crippen molar-refractivity contribution >= 4 is 0 Å². The molecule has 0 radical (unpaired) electrons. The molecule has 56 valence electrons. The van der Waals surface area contributed by atoms with E-state index >= 15 is 0 Å². The van der Waals surface area contributed by atoms with E-state index in [9.17, 15) is 0 Å². The van der Waals surface area contributed by atoms with Gasteiger partial charge in [0.2, 0.25) is 0 Å². The maximum atomic E-state index is 5.58. The molecule has 0 aliphatic carbocycles. The van der Waals surface area contributed by atoms with Gasteiger partial charge in [-0.15, -0.1) is 0 Å². The Labute approximate surface area is 58.6 Å². The van der Waals surface area contributed by atoms with Crippen LogP contribution >= 0.6 is 0 Å². The van der Waals surface area contributed by atoms with E-state index in [4.69, 9.17) is 5.73 Å². The predicted octanol–water partition coefficient (Wildman–Crippen LogP) is 2.02. The zero-order chi connectivity index (χ0) is 7.49. The first kappa shape index (κ1) is 8.96. The van der Waals surface area contributed by atoms with Crippen molar-refractivity contribution < 1.29 is 0 Å². The predicted molar refractivity (Wildman–Crippen MR) is 42.3 cm³/mol. The molecule has 1 nitrogen and oxygen atoms in total. The van der Waals surface area contributed by atoms with Crippen LogP contribution in [0, 0.1) is 11.3 Å². The highest BCUT2D eigenvalue weighted by Gasteiger charge is 2.21. The van der Waals surface area contributed by atoms with Crippen LogP contribution in [-0.4, -0.2) is 6.54 Å². The molecule has 0 aliphatic heterocycles. The average Bonchev–Trinajstić information content (AvgIpc) is 1.86. The highest BCUT2D eigenvalue weighted by molar-refractivity contribution is 4.74. The number of nitrogens with two attached hydrogens (primary N) is 1. The number of hydrogen-bond acceptors (Lipinski definition) is 1. The molecular weight excluding hydrogens is 110 g/mol. The second kappa shape index (κ2) is 3.21. The van der Waals surface area contributed by atoms with Gasteiger partial charge in [0.25, 0.3) is 0 Å². The molecule has 0 fully saturated rings. The average molecular weight is 129 g/mol. The Kier molecular flexibility index (Phi) is 3.20. The molecule has 1 atom stereocenters. The van der Waals surface area contributed by atoms with Gasteiger partial charge in [-0.1, -0.05) is 34.1 Å². The first-order valence-electron chi connectivity index (χ1n) is 3.74. The lowest BCUT2D eigenvalue weighted by Crippen LogP contribution is -2.30. The topological polar surface area (TPSA) is 26.0 Å². The van der Waals surface area contributed by atoms with E-state index in [1.54, 1.807) is 0 Å². The standard InChI is InChI=1S/C8H19N/c1-5-7(2)8(3,4)6-9/h7H,5-6,9H2,1-4H3/t7-/m1/s1. The summed E-state index contributed by atoms with van der Waals surface area (Å²) >= 11 is 0. The minimum absolute atomic E-state index is 0.328. The van der Waals surface area contributed by atoms with Crippen molar-refractivity contribution in [2.24, 2.45) is 17.1 Å². The summed E-state index contributed by atoms with van der Waals surface area (Å²) in [6.07, 6.45) is 1.23. The highest BCUT2D eigenvalue weighted by atomic mass is 14.6. The van der Waals surface area contributed by atoms with Gasteiger partial charge in [0.05, 0.1) is 0 Å². The van der Waals surface area contributed by atoms with Crippen LogP contribution in [0.3, 0.4) is 0 Å². The summed E-state index contributed by atoms with van der Waals surface area (Å²) in [6, 6.07) is 0. The second-order valence-corrected chi connectivity index (χ2v) is 3.50. The smallest absolute Gasteiger partial charge is 0.00233 e. The van der Waals surface area contributed by atoms with Gasteiger partial charge in [0.15, 0.2) is 0 Å². The van der Waals surface area contributed by atoms with E-state index in [1.807, 2.05) is 0 Å². The van der Waals surface area contributed by atoms with Crippen LogP contribution in [0.1, 0.15) is 34.1 Å². The fourth-order valence-corrected chi connectivity index (χ4v) is 0.754. The third-order valence-electron chi connectivity index (χ3n) is 2.47. The Morgan fingerprint density at radius 2 is 1.89 bits per heavy atom. The molecule has 0 aliphatic rings. The molecule has 0 amide bonds. The molecule has 0 aromatic rings. The lowest BCUT2D eigenvalue weighted by molar-refractivity contribution is 0.235. The molecule has 2 N–H and O–H groups in total. The van der Waals surface area contributed by atoms with E-state index in [1.165, 1.54) is 6.42 Å². The van der Waals surface area contributed by atoms with Gasteiger partial charge >= 0.3 is 0 Å². The minimum atomic E-state index is 0.328. The fraction of sp³-hybridized carbons (Fsp3) is 1.00. The van der Waals surface area contributed by atoms with Crippen molar-refractivity contribution in [2.45, 2.75) is 34.1 Å². The maximum absolute atomic E-state index is 5.58. The number of hydrogen-bond donors (Lipinski definition) is 1. The Hall–Kier alpha value is -0.0400. The lowest BCUT2D eigenvalue weighted by atomic mass is 9.79. The molecule has 0 rings (SSSR count). The summed E-state index contributed by atoms with van der Waals surface area (Å²) in [5, 5.41) is 0. The summed E-state index contributed by atoms with van der Waals surface area (Å²) in [5.74, 6) is 0.738. The molecule has 0 bridgehead atoms. The van der Waals surface area contributed by atoms with Crippen molar-refractivity contribution in [2.75, 3.05) is 6.54 Å². The summed E-state index contributed by atoms with van der Waals surface area (Å²) in [7, 11) is 0. The first-order chi connectivity index (χ1) is 4.04. The molecule has 1 heteroatoms. The maximum Gasteiger partial charge on any atom is -0.00233 e. The van der Waals surface area contributed by atoms with E-state index in [0.717, 1.165) is 12.5 Å². The largest absolute Gasteiger partial charge is 0.330 e. The number of rotatable bonds is 3. The Morgan fingerprint density at radius 1 is 1.44 bits per heavy atom. The van der Waals surface area contributed by atoms with Crippen LogP contribution in [-0.2, 0) is 0 Å². The van der Waals surface area contributed by atoms with Crippen molar-refractivity contribution in [1.82, 2.24) is 0 Å². The lowest BCUT2D eigenvalue weighted by Gasteiger charge is -2.29. The highest BCUT2D eigenvalue weighted by Crippen LogP contribution is 2.26. The molecule has 0 spiro atoms. The molecule has 9 heavy (non-hydrogen) atoms. The first-order valence-corrected chi connectivity index (χ1v) is 3.74. The van der Waals surface area contributed by atoms with Crippen molar-refractivity contribution in [3.05, 3.63) is 0 Å². The zero-order valence-corrected chi connectivity index (χ0v) is 7.07. The van der Waals surface area contributed by atoms with Gasteiger partial charge in [-0.05, 0) is 17.9 Å². The fourth-order valence-electron chi connectivity index (χ4n) is 0.754. The molecule has 0 aromatic carbocycles. The van der Waals surface area contributed by atoms with Crippen LogP contribution in [0.4, 0.5) is 0 Å². The van der Waals surface area contributed by atoms with Crippen molar-refractivity contribution in [3.63, 3.8) is 0 Å². The van der Waals surface area contributed by atoms with Gasteiger partial charge < -0.3 is 5.73 Å². The normalized spacial score (nSPS) is 15.7. The van der Waals surface area contributed by atoms with Crippen molar-refractivity contribution in [3.8, 4) is 0 Å². The van der Waals surface area contributed by atoms with E-state index in [0.29, 0.717) is 5.41 Å². The van der Waals surface area contributed by atoms with Crippen LogP contribution in [0.25, 0.3) is 0 Å². The van der Waals surface area contributed by atoms with Crippen LogP contribution in [0.15, 0.2) is 0 Å². The van der Waals surface area contributed by atoms with Crippen LogP contribution in [0.2, 0.25) is 0 Å². The quantitative estimate of drug-likeness (QED) is 0.620. The van der Waals surface area contributed by atoms with E-state index in [2.05, 4.69) is 27.7 Å². The molecule has 0 saturated carbocycles. The van der Waals surface area contributed by atoms with Gasteiger partial charge in [-0.25, -0.2) is 0 Å². The molecule has 0 aromatic heterocycles. The van der Waals surface area contributed by atoms with E-state index in [-0.39, 0.29) is 0 Å². The Balaban J connectivity index is 3.80. The molecule has 0 unspecified atom stereocenters. The molecule has 0 heterocycles. The summed E-state index contributed by atoms with van der Waals surface area (Å²) in [4.78, 5) is 0. The van der Waals surface area contributed by atoms with E-state index < -0.39 is 0 Å². The van der Waals surface area contributed by atoms with Crippen molar-refractivity contribution in [1.29, 1.82) is 0 Å². The third-order valence-corrected chi connectivity index (χ3v) is 2.47. The van der Waals surface area contributed by atoms with Gasteiger partial charge in [0, 0.05) is 0 Å². The Morgan fingerprint density at radius 3 is 2.00 bits per heavy atom. The molecular formula is C8H19N. The monoisotopic (exact) mass is 129 g/mol. The van der Waals surface area contributed by atoms with Gasteiger partial charge in [0.1, 0.15) is 0 Å². The summed E-state index contributed by atoms with van der Waals surface area (Å²) < 4.78 is 0. The SMILES string of the molecule is CC[C@@H](C)C(C)(C)CN. The molecule has 0 saturated heterocycles. The second-order valence-electron chi connectivity index (χ2n) is 3.50.